The molecule has 6 nitrogen and oxygen atoms in total. The van der Waals surface area contributed by atoms with E-state index in [1.165, 1.54) is 11.8 Å². The molecule has 1 aromatic carbocycles. The summed E-state index contributed by atoms with van der Waals surface area (Å²) in [5.41, 5.74) is 2.01. The summed E-state index contributed by atoms with van der Waals surface area (Å²) in [4.78, 5) is 33.0. The van der Waals surface area contributed by atoms with Crippen molar-refractivity contribution in [2.45, 2.75) is 23.9 Å². The third kappa shape index (κ3) is 2.72. The minimum Gasteiger partial charge on any atom is -0.497 e. The lowest BCUT2D eigenvalue weighted by molar-refractivity contribution is -0.122. The highest BCUT2D eigenvalue weighted by atomic mass is 32.2. The maximum atomic E-state index is 12.9. The highest BCUT2D eigenvalue weighted by Gasteiger charge is 2.42. The molecule has 0 unspecified atom stereocenters. The lowest BCUT2D eigenvalue weighted by Crippen LogP contribution is -2.38. The largest absolute Gasteiger partial charge is 0.497 e. The summed E-state index contributed by atoms with van der Waals surface area (Å²) in [6.07, 6.45) is 5.10. The smallest absolute Gasteiger partial charge is 0.257 e. The number of nitrogens with zero attached hydrogens (tertiary/aromatic N) is 1. The fraction of sp³-hybridized carbons (Fsp3) is 0.316. The quantitative estimate of drug-likeness (QED) is 0.639. The van der Waals surface area contributed by atoms with Gasteiger partial charge in [0.15, 0.2) is 5.16 Å². The fourth-order valence-electron chi connectivity index (χ4n) is 3.76. The van der Waals surface area contributed by atoms with Crippen LogP contribution in [-0.2, 0) is 4.79 Å². The van der Waals surface area contributed by atoms with Crippen molar-refractivity contribution < 1.29 is 9.53 Å². The van der Waals surface area contributed by atoms with Crippen molar-refractivity contribution in [1.29, 1.82) is 0 Å². The van der Waals surface area contributed by atoms with Crippen molar-refractivity contribution in [2.75, 3.05) is 18.7 Å². The van der Waals surface area contributed by atoms with Gasteiger partial charge in [0.2, 0.25) is 0 Å². The summed E-state index contributed by atoms with van der Waals surface area (Å²) in [5.74, 6) is 0.588. The van der Waals surface area contributed by atoms with E-state index in [0.29, 0.717) is 35.1 Å². The van der Waals surface area contributed by atoms with Gasteiger partial charge in [-0.05, 0) is 30.4 Å². The van der Waals surface area contributed by atoms with Crippen LogP contribution < -0.4 is 15.6 Å². The molecule has 2 heterocycles. The van der Waals surface area contributed by atoms with Crippen LogP contribution in [0.25, 0.3) is 0 Å². The number of ether oxygens (including phenoxy) is 1. The number of hydrogen-bond donors (Lipinski definition) is 2. The highest BCUT2D eigenvalue weighted by molar-refractivity contribution is 7.98. The Morgan fingerprint density at radius 3 is 2.88 bits per heavy atom. The molecule has 0 amide bonds. The topological polar surface area (TPSA) is 84.1 Å². The molecule has 1 aliphatic carbocycles. The molecule has 1 aliphatic heterocycles. The number of hydrogen-bond acceptors (Lipinski definition) is 6. The summed E-state index contributed by atoms with van der Waals surface area (Å²) < 4.78 is 5.34. The fourth-order valence-corrected chi connectivity index (χ4v) is 4.14. The molecule has 2 aliphatic rings. The number of Topliss-reactive ketones (excluding diaryl/α,β-unsaturated/α-hetero) is 1. The van der Waals surface area contributed by atoms with Gasteiger partial charge in [-0.3, -0.25) is 9.59 Å². The Labute approximate surface area is 155 Å². The third-order valence-corrected chi connectivity index (χ3v) is 5.50. The molecule has 134 valence electrons. The van der Waals surface area contributed by atoms with Crippen LogP contribution in [0.2, 0.25) is 0 Å². The molecule has 26 heavy (non-hydrogen) atoms. The predicted octanol–water partition coefficient (Wildman–Crippen LogP) is 2.92. The Morgan fingerprint density at radius 2 is 2.12 bits per heavy atom. The number of thioether (sulfide) groups is 1. The molecule has 4 rings (SSSR count). The zero-order chi connectivity index (χ0) is 18.3. The standard InChI is InChI=1S/C19H19N3O3S/c1-25-11-6-3-5-10(9-11)14-15-12(7-4-8-13(15)23)20-17-16(14)18(24)22-19(21-17)26-2/h3,5-7,9,14-15H,4,8H2,1-2H3,(H2,20,21,22,24)/t14-,15-/m1/s1. The number of aromatic nitrogens is 2. The lowest BCUT2D eigenvalue weighted by Gasteiger charge is -2.36. The van der Waals surface area contributed by atoms with Crippen LogP contribution in [0.15, 0.2) is 46.0 Å². The molecule has 2 N–H and O–H groups in total. The van der Waals surface area contributed by atoms with E-state index in [4.69, 9.17) is 4.74 Å². The van der Waals surface area contributed by atoms with E-state index in [1.54, 1.807) is 7.11 Å². The molecule has 0 bridgehead atoms. The first-order valence-corrected chi connectivity index (χ1v) is 9.66. The Bertz CT molecular complexity index is 967. The van der Waals surface area contributed by atoms with Crippen LogP contribution in [0.4, 0.5) is 5.82 Å². The van der Waals surface area contributed by atoms with Crippen molar-refractivity contribution in [2.24, 2.45) is 5.92 Å². The van der Waals surface area contributed by atoms with Crippen molar-refractivity contribution in [1.82, 2.24) is 9.97 Å². The van der Waals surface area contributed by atoms with Crippen LogP contribution in [-0.4, -0.2) is 29.1 Å². The van der Waals surface area contributed by atoms with Gasteiger partial charge < -0.3 is 15.0 Å². The first kappa shape index (κ1) is 16.9. The van der Waals surface area contributed by atoms with E-state index in [0.717, 1.165) is 11.3 Å². The summed E-state index contributed by atoms with van der Waals surface area (Å²) in [6, 6.07) is 7.56. The van der Waals surface area contributed by atoms with E-state index in [-0.39, 0.29) is 17.3 Å². The normalized spacial score (nSPS) is 21.3. The van der Waals surface area contributed by atoms with Gasteiger partial charge in [0.05, 0.1) is 18.6 Å². The number of fused-ring (bicyclic) bond motifs is 2. The minimum absolute atomic E-state index is 0.141. The summed E-state index contributed by atoms with van der Waals surface area (Å²) in [5, 5.41) is 3.79. The van der Waals surface area contributed by atoms with E-state index in [1.807, 2.05) is 36.6 Å². The number of allylic oxidation sites excluding steroid dienone is 2. The predicted molar refractivity (Wildman–Crippen MR) is 101 cm³/mol. The molecular weight excluding hydrogens is 350 g/mol. The molecule has 0 fully saturated rings. The van der Waals surface area contributed by atoms with Gasteiger partial charge in [-0.2, -0.15) is 0 Å². The number of rotatable bonds is 3. The zero-order valence-corrected chi connectivity index (χ0v) is 15.4. The Morgan fingerprint density at radius 1 is 1.27 bits per heavy atom. The van der Waals surface area contributed by atoms with E-state index in [2.05, 4.69) is 15.3 Å². The molecular formula is C19H19N3O3S. The van der Waals surface area contributed by atoms with Gasteiger partial charge in [-0.15, -0.1) is 0 Å². The average molecular weight is 369 g/mol. The summed E-state index contributed by atoms with van der Waals surface area (Å²) in [7, 11) is 1.60. The zero-order valence-electron chi connectivity index (χ0n) is 14.5. The van der Waals surface area contributed by atoms with Crippen LogP contribution in [0.3, 0.4) is 0 Å². The van der Waals surface area contributed by atoms with Gasteiger partial charge in [-0.25, -0.2) is 4.98 Å². The monoisotopic (exact) mass is 369 g/mol. The van der Waals surface area contributed by atoms with Crippen molar-refractivity contribution in [3.8, 4) is 5.75 Å². The Kier molecular flexibility index (Phi) is 4.32. The number of ketones is 1. The second kappa shape index (κ2) is 6.64. The van der Waals surface area contributed by atoms with Crippen molar-refractivity contribution in [3.05, 3.63) is 57.5 Å². The van der Waals surface area contributed by atoms with Crippen molar-refractivity contribution >= 4 is 23.4 Å². The second-order valence-corrected chi connectivity index (χ2v) is 7.15. The molecule has 2 atom stereocenters. The van der Waals surface area contributed by atoms with Gasteiger partial charge in [0.1, 0.15) is 17.4 Å². The van der Waals surface area contributed by atoms with Crippen LogP contribution in [0.1, 0.15) is 29.9 Å². The number of nitrogens with one attached hydrogen (secondary N) is 2. The van der Waals surface area contributed by atoms with E-state index in [9.17, 15) is 9.59 Å². The van der Waals surface area contributed by atoms with E-state index < -0.39 is 5.92 Å². The molecule has 1 aromatic heterocycles. The summed E-state index contributed by atoms with van der Waals surface area (Å²) >= 11 is 1.38. The highest BCUT2D eigenvalue weighted by Crippen LogP contribution is 2.45. The van der Waals surface area contributed by atoms with Crippen LogP contribution in [0, 0.1) is 5.92 Å². The van der Waals surface area contributed by atoms with Gasteiger partial charge in [0.25, 0.3) is 5.56 Å². The number of methoxy groups -OCH3 is 1. The molecule has 0 radical (unpaired) electrons. The van der Waals surface area contributed by atoms with Crippen molar-refractivity contribution in [3.63, 3.8) is 0 Å². The molecule has 0 saturated heterocycles. The molecule has 0 spiro atoms. The number of aromatic amines is 1. The first-order valence-electron chi connectivity index (χ1n) is 8.44. The van der Waals surface area contributed by atoms with Gasteiger partial charge >= 0.3 is 0 Å². The molecule has 2 aromatic rings. The van der Waals surface area contributed by atoms with Crippen LogP contribution in [0.5, 0.6) is 5.75 Å². The van der Waals surface area contributed by atoms with Gasteiger partial charge in [0, 0.05) is 18.0 Å². The maximum Gasteiger partial charge on any atom is 0.257 e. The SMILES string of the molecule is COc1cccc([C@H]2c3c(nc(SC)[nH]c3=O)NC3=CCCC(=O)[C@@H]32)c1. The lowest BCUT2D eigenvalue weighted by atomic mass is 9.72. The Hall–Kier alpha value is -2.54. The first-order chi connectivity index (χ1) is 12.6. The maximum absolute atomic E-state index is 12.9. The van der Waals surface area contributed by atoms with Gasteiger partial charge in [-0.1, -0.05) is 30.0 Å². The third-order valence-electron chi connectivity index (χ3n) is 4.92. The number of carbonyl (C=O) groups is 1. The number of H-pyrrole nitrogens is 1. The minimum atomic E-state index is -0.397. The number of benzene rings is 1. The number of anilines is 1. The average Bonchev–Trinajstić information content (AvgIpc) is 2.66. The Balaban J connectivity index is 1.97. The summed E-state index contributed by atoms with van der Waals surface area (Å²) in [6.45, 7) is 0. The van der Waals surface area contributed by atoms with Crippen LogP contribution >= 0.6 is 11.8 Å². The number of carbonyl (C=O) groups excluding carboxylic acids is 1. The molecule has 0 saturated carbocycles. The second-order valence-electron chi connectivity index (χ2n) is 6.36. The molecule has 7 heteroatoms. The van der Waals surface area contributed by atoms with E-state index >= 15 is 0 Å².